The maximum atomic E-state index is 5.15. The minimum atomic E-state index is 0.628. The van der Waals surface area contributed by atoms with Crippen LogP contribution in [0.4, 0.5) is 0 Å². The van der Waals surface area contributed by atoms with Crippen LogP contribution in [0.25, 0.3) is 11.5 Å². The molecule has 0 aliphatic heterocycles. The van der Waals surface area contributed by atoms with Gasteiger partial charge in [0.1, 0.15) is 12.5 Å². The third-order valence-corrected chi connectivity index (χ3v) is 2.14. The van der Waals surface area contributed by atoms with E-state index in [2.05, 4.69) is 37.2 Å². The van der Waals surface area contributed by atoms with Crippen molar-refractivity contribution in [2.75, 3.05) is 0 Å². The molecule has 0 saturated heterocycles. The van der Waals surface area contributed by atoms with E-state index < -0.39 is 0 Å². The minimum Gasteiger partial charge on any atom is -0.444 e. The van der Waals surface area contributed by atoms with Crippen LogP contribution in [0.2, 0.25) is 0 Å². The summed E-state index contributed by atoms with van der Waals surface area (Å²) in [6.07, 6.45) is 4.11. The third-order valence-electron chi connectivity index (χ3n) is 2.14. The Kier molecular flexibility index (Phi) is 1.89. The molecule has 1 aromatic heterocycles. The summed E-state index contributed by atoms with van der Waals surface area (Å²) in [5, 5.41) is 0. The lowest BCUT2D eigenvalue weighted by Gasteiger charge is -2.00. The van der Waals surface area contributed by atoms with Crippen molar-refractivity contribution >= 4 is 0 Å². The van der Waals surface area contributed by atoms with Gasteiger partial charge in [-0.1, -0.05) is 6.07 Å². The number of aryl methyl sites for hydroxylation is 2. The summed E-state index contributed by atoms with van der Waals surface area (Å²) in [7, 11) is 0. The van der Waals surface area contributed by atoms with Crippen molar-refractivity contribution in [1.29, 1.82) is 0 Å². The summed E-state index contributed by atoms with van der Waals surface area (Å²) >= 11 is 0. The molecule has 1 aromatic carbocycles. The first-order chi connectivity index (χ1) is 6.27. The summed E-state index contributed by atoms with van der Waals surface area (Å²) in [5.41, 5.74) is 3.53. The van der Waals surface area contributed by atoms with E-state index in [1.165, 1.54) is 17.4 Å². The van der Waals surface area contributed by atoms with Crippen LogP contribution in [0.3, 0.4) is 0 Å². The zero-order valence-electron chi connectivity index (χ0n) is 7.66. The molecule has 0 saturated carbocycles. The zero-order chi connectivity index (χ0) is 9.26. The summed E-state index contributed by atoms with van der Waals surface area (Å²) < 4.78 is 5.15. The number of nitrogens with zero attached hydrogens (tertiary/aromatic N) is 1. The Labute approximate surface area is 77.2 Å². The second kappa shape index (κ2) is 3.05. The summed E-state index contributed by atoms with van der Waals surface area (Å²) in [5.74, 6) is 0.628. The maximum absolute atomic E-state index is 5.15. The second-order valence-corrected chi connectivity index (χ2v) is 3.08. The van der Waals surface area contributed by atoms with Crippen LogP contribution in [0.1, 0.15) is 11.1 Å². The fourth-order valence-electron chi connectivity index (χ4n) is 1.20. The van der Waals surface area contributed by atoms with Gasteiger partial charge in [-0.15, -0.1) is 0 Å². The summed E-state index contributed by atoms with van der Waals surface area (Å²) in [6, 6.07) is 6.13. The van der Waals surface area contributed by atoms with Crippen molar-refractivity contribution in [2.45, 2.75) is 13.8 Å². The van der Waals surface area contributed by atoms with Crippen LogP contribution in [-0.4, -0.2) is 4.98 Å². The fourth-order valence-corrected chi connectivity index (χ4v) is 1.20. The molecule has 2 heteroatoms. The van der Waals surface area contributed by atoms with Crippen molar-refractivity contribution < 1.29 is 4.42 Å². The fraction of sp³-hybridized carbons (Fsp3) is 0.182. The van der Waals surface area contributed by atoms with Crippen LogP contribution < -0.4 is 0 Å². The van der Waals surface area contributed by atoms with E-state index in [1.807, 2.05) is 6.07 Å². The Bertz CT molecular complexity index is 404. The number of hydrogen-bond acceptors (Lipinski definition) is 2. The molecule has 65 valence electrons. The first kappa shape index (κ1) is 8.05. The first-order valence-corrected chi connectivity index (χ1v) is 4.16. The predicted octanol–water partition coefficient (Wildman–Crippen LogP) is 2.76. The molecule has 2 nitrogen and oxygen atoms in total. The average Bonchev–Trinajstić information content (AvgIpc) is 2.62. The molecule has 0 spiro atoms. The standard InChI is InChI=1S/C11H10NO/c1-8-3-4-10(7-9(8)2)11-12-5-6-13-11/h3-4,6-7H,1-2H3. The van der Waals surface area contributed by atoms with Crippen molar-refractivity contribution in [1.82, 2.24) is 4.98 Å². The second-order valence-electron chi connectivity index (χ2n) is 3.08. The molecular formula is C11H10NO. The van der Waals surface area contributed by atoms with Crippen molar-refractivity contribution in [2.24, 2.45) is 0 Å². The highest BCUT2D eigenvalue weighted by atomic mass is 16.3. The smallest absolute Gasteiger partial charge is 0.226 e. The molecule has 2 aromatic rings. The van der Waals surface area contributed by atoms with Gasteiger partial charge < -0.3 is 4.42 Å². The summed E-state index contributed by atoms with van der Waals surface area (Å²) in [4.78, 5) is 3.97. The van der Waals surface area contributed by atoms with E-state index in [0.29, 0.717) is 5.89 Å². The molecule has 1 heterocycles. The van der Waals surface area contributed by atoms with Crippen LogP contribution in [0, 0.1) is 20.0 Å². The van der Waals surface area contributed by atoms with E-state index >= 15 is 0 Å². The number of oxazole rings is 1. The molecule has 0 N–H and O–H groups in total. The van der Waals surface area contributed by atoms with Gasteiger partial charge in [0.25, 0.3) is 0 Å². The number of benzene rings is 1. The monoisotopic (exact) mass is 172 g/mol. The van der Waals surface area contributed by atoms with Gasteiger partial charge in [0.05, 0.1) is 0 Å². The van der Waals surface area contributed by atoms with Crippen molar-refractivity contribution in [3.8, 4) is 11.5 Å². The van der Waals surface area contributed by atoms with Gasteiger partial charge in [-0.05, 0) is 37.1 Å². The average molecular weight is 172 g/mol. The minimum absolute atomic E-state index is 0.628. The van der Waals surface area contributed by atoms with Gasteiger partial charge in [0.2, 0.25) is 5.89 Å². The predicted molar refractivity (Wildman–Crippen MR) is 50.2 cm³/mol. The Balaban J connectivity index is 2.49. The highest BCUT2D eigenvalue weighted by Gasteiger charge is 2.02. The van der Waals surface area contributed by atoms with E-state index in [1.54, 1.807) is 0 Å². The number of rotatable bonds is 1. The Morgan fingerprint density at radius 3 is 2.69 bits per heavy atom. The van der Waals surface area contributed by atoms with Gasteiger partial charge in [-0.2, -0.15) is 0 Å². The van der Waals surface area contributed by atoms with E-state index in [4.69, 9.17) is 4.42 Å². The lowest BCUT2D eigenvalue weighted by Crippen LogP contribution is -1.82. The van der Waals surface area contributed by atoms with Crippen LogP contribution in [0.15, 0.2) is 28.9 Å². The zero-order valence-corrected chi connectivity index (χ0v) is 7.66. The van der Waals surface area contributed by atoms with Crippen LogP contribution >= 0.6 is 0 Å². The Morgan fingerprint density at radius 1 is 1.23 bits per heavy atom. The quantitative estimate of drug-likeness (QED) is 0.661. The van der Waals surface area contributed by atoms with Crippen LogP contribution in [-0.2, 0) is 0 Å². The topological polar surface area (TPSA) is 26.0 Å². The first-order valence-electron chi connectivity index (χ1n) is 4.16. The Hall–Kier alpha value is -1.57. The molecule has 0 aliphatic rings. The molecule has 0 atom stereocenters. The molecule has 0 bridgehead atoms. The van der Waals surface area contributed by atoms with E-state index in [0.717, 1.165) is 5.56 Å². The summed E-state index contributed by atoms with van der Waals surface area (Å²) in [6.45, 7) is 4.16. The van der Waals surface area contributed by atoms with Gasteiger partial charge in [0.15, 0.2) is 0 Å². The molecular weight excluding hydrogens is 162 g/mol. The Morgan fingerprint density at radius 2 is 2.08 bits per heavy atom. The largest absolute Gasteiger partial charge is 0.444 e. The van der Waals surface area contributed by atoms with Gasteiger partial charge in [-0.25, -0.2) is 4.98 Å². The van der Waals surface area contributed by atoms with Crippen LogP contribution in [0.5, 0.6) is 0 Å². The number of hydrogen-bond donors (Lipinski definition) is 0. The molecule has 13 heavy (non-hydrogen) atoms. The maximum Gasteiger partial charge on any atom is 0.226 e. The SMILES string of the molecule is Cc1ccc(-c2n[c]co2)cc1C. The highest BCUT2D eigenvalue weighted by Crippen LogP contribution is 2.19. The molecule has 1 radical (unpaired) electrons. The molecule has 0 unspecified atom stereocenters. The molecule has 0 amide bonds. The molecule has 0 fully saturated rings. The van der Waals surface area contributed by atoms with E-state index in [9.17, 15) is 0 Å². The third kappa shape index (κ3) is 1.47. The van der Waals surface area contributed by atoms with Crippen molar-refractivity contribution in [3.05, 3.63) is 41.8 Å². The lowest BCUT2D eigenvalue weighted by molar-refractivity contribution is 0.574. The molecule has 2 rings (SSSR count). The highest BCUT2D eigenvalue weighted by molar-refractivity contribution is 5.55. The van der Waals surface area contributed by atoms with Gasteiger partial charge in [-0.3, -0.25) is 0 Å². The lowest BCUT2D eigenvalue weighted by atomic mass is 10.1. The molecule has 0 aliphatic carbocycles. The number of aromatic nitrogens is 1. The van der Waals surface area contributed by atoms with Gasteiger partial charge in [0, 0.05) is 5.56 Å². The van der Waals surface area contributed by atoms with Crippen molar-refractivity contribution in [3.63, 3.8) is 0 Å². The van der Waals surface area contributed by atoms with Gasteiger partial charge >= 0.3 is 0 Å². The normalized spacial score (nSPS) is 10.3. The van der Waals surface area contributed by atoms with E-state index in [-0.39, 0.29) is 0 Å².